The number of aliphatic carboxylic acids is 1. The molecular weight excluding hydrogens is 348 g/mol. The SMILES string of the molecule is CCCC(CNC(=O)C1CCCN(C(=O)COc2ccccc2)C1)C(=O)O. The highest BCUT2D eigenvalue weighted by atomic mass is 16.5. The number of amides is 2. The van der Waals surface area contributed by atoms with Gasteiger partial charge in [-0.15, -0.1) is 0 Å². The second kappa shape index (κ2) is 10.5. The minimum absolute atomic E-state index is 0.0596. The number of para-hydroxylation sites is 1. The van der Waals surface area contributed by atoms with Crippen molar-refractivity contribution in [2.75, 3.05) is 26.2 Å². The zero-order valence-corrected chi connectivity index (χ0v) is 15.7. The van der Waals surface area contributed by atoms with Gasteiger partial charge >= 0.3 is 5.97 Å². The minimum atomic E-state index is -0.893. The van der Waals surface area contributed by atoms with Gasteiger partial charge in [-0.1, -0.05) is 31.5 Å². The molecule has 0 saturated carbocycles. The van der Waals surface area contributed by atoms with Gasteiger partial charge < -0.3 is 20.1 Å². The summed E-state index contributed by atoms with van der Waals surface area (Å²) in [5, 5.41) is 11.9. The number of carboxylic acid groups (broad SMARTS) is 1. The number of hydrogen-bond acceptors (Lipinski definition) is 4. The number of rotatable bonds is 9. The average molecular weight is 376 g/mol. The summed E-state index contributed by atoms with van der Waals surface area (Å²) in [6.07, 6.45) is 2.72. The molecule has 0 radical (unpaired) electrons. The van der Waals surface area contributed by atoms with Gasteiger partial charge in [0.1, 0.15) is 5.75 Å². The van der Waals surface area contributed by atoms with Gasteiger partial charge in [0.25, 0.3) is 5.91 Å². The lowest BCUT2D eigenvalue weighted by molar-refractivity contribution is -0.142. The third kappa shape index (κ3) is 6.58. The van der Waals surface area contributed by atoms with Crippen LogP contribution in [0, 0.1) is 11.8 Å². The lowest BCUT2D eigenvalue weighted by atomic mass is 9.96. The fourth-order valence-corrected chi connectivity index (χ4v) is 3.20. The van der Waals surface area contributed by atoms with Crippen molar-refractivity contribution >= 4 is 17.8 Å². The summed E-state index contributed by atoms with van der Waals surface area (Å²) in [5.74, 6) is -1.47. The minimum Gasteiger partial charge on any atom is -0.484 e. The lowest BCUT2D eigenvalue weighted by Gasteiger charge is -2.32. The van der Waals surface area contributed by atoms with E-state index in [4.69, 9.17) is 4.74 Å². The van der Waals surface area contributed by atoms with E-state index < -0.39 is 11.9 Å². The highest BCUT2D eigenvalue weighted by Gasteiger charge is 2.29. The summed E-state index contributed by atoms with van der Waals surface area (Å²) in [6.45, 7) is 2.93. The Morgan fingerprint density at radius 1 is 1.30 bits per heavy atom. The van der Waals surface area contributed by atoms with Gasteiger partial charge in [0, 0.05) is 19.6 Å². The van der Waals surface area contributed by atoms with Crippen molar-refractivity contribution in [2.24, 2.45) is 11.8 Å². The number of nitrogens with one attached hydrogen (secondary N) is 1. The first-order valence-corrected chi connectivity index (χ1v) is 9.47. The maximum absolute atomic E-state index is 12.4. The molecule has 27 heavy (non-hydrogen) atoms. The molecule has 2 atom stereocenters. The van der Waals surface area contributed by atoms with Crippen LogP contribution in [-0.4, -0.2) is 54.0 Å². The Balaban J connectivity index is 1.80. The van der Waals surface area contributed by atoms with E-state index in [0.717, 1.165) is 12.8 Å². The summed E-state index contributed by atoms with van der Waals surface area (Å²) in [6, 6.07) is 9.12. The van der Waals surface area contributed by atoms with Crippen LogP contribution >= 0.6 is 0 Å². The molecule has 1 aliphatic heterocycles. The zero-order valence-electron chi connectivity index (χ0n) is 15.7. The van der Waals surface area contributed by atoms with Gasteiger partial charge in [-0.2, -0.15) is 0 Å². The van der Waals surface area contributed by atoms with Crippen LogP contribution in [0.5, 0.6) is 5.75 Å². The molecule has 1 saturated heterocycles. The normalized spacial score (nSPS) is 17.8. The molecule has 7 heteroatoms. The molecule has 1 aliphatic rings. The van der Waals surface area contributed by atoms with E-state index in [-0.39, 0.29) is 30.9 Å². The van der Waals surface area contributed by atoms with Crippen LogP contribution in [0.3, 0.4) is 0 Å². The van der Waals surface area contributed by atoms with Crippen LogP contribution in [0.2, 0.25) is 0 Å². The van der Waals surface area contributed by atoms with Crippen LogP contribution in [0.25, 0.3) is 0 Å². The van der Waals surface area contributed by atoms with Crippen LogP contribution in [0.15, 0.2) is 30.3 Å². The third-order valence-corrected chi connectivity index (χ3v) is 4.76. The molecule has 1 fully saturated rings. The van der Waals surface area contributed by atoms with Gasteiger partial charge in [-0.25, -0.2) is 0 Å². The van der Waals surface area contributed by atoms with E-state index >= 15 is 0 Å². The molecule has 2 unspecified atom stereocenters. The molecule has 7 nitrogen and oxygen atoms in total. The van der Waals surface area contributed by atoms with Crippen molar-refractivity contribution in [1.29, 1.82) is 0 Å². The van der Waals surface area contributed by atoms with E-state index in [1.54, 1.807) is 17.0 Å². The largest absolute Gasteiger partial charge is 0.484 e. The van der Waals surface area contributed by atoms with Gasteiger partial charge in [-0.3, -0.25) is 14.4 Å². The first kappa shape index (κ1) is 20.7. The van der Waals surface area contributed by atoms with Gasteiger partial charge in [-0.05, 0) is 31.4 Å². The maximum atomic E-state index is 12.4. The second-order valence-corrected chi connectivity index (χ2v) is 6.85. The number of carbonyl (C=O) groups excluding carboxylic acids is 2. The van der Waals surface area contributed by atoms with Crippen LogP contribution in [0.4, 0.5) is 0 Å². The molecule has 1 heterocycles. The van der Waals surface area contributed by atoms with Crippen molar-refractivity contribution in [2.45, 2.75) is 32.6 Å². The summed E-state index contributed by atoms with van der Waals surface area (Å²) in [4.78, 5) is 37.6. The molecule has 0 spiro atoms. The monoisotopic (exact) mass is 376 g/mol. The Kier molecular flexibility index (Phi) is 8.10. The molecular formula is C20H28N2O5. The van der Waals surface area contributed by atoms with Crippen LogP contribution in [-0.2, 0) is 14.4 Å². The van der Waals surface area contributed by atoms with Crippen molar-refractivity contribution in [3.05, 3.63) is 30.3 Å². The topological polar surface area (TPSA) is 95.9 Å². The number of benzene rings is 1. The molecule has 2 rings (SSSR count). The molecule has 148 valence electrons. The fraction of sp³-hybridized carbons (Fsp3) is 0.550. The smallest absolute Gasteiger partial charge is 0.308 e. The van der Waals surface area contributed by atoms with E-state index in [1.165, 1.54) is 0 Å². The van der Waals surface area contributed by atoms with E-state index in [0.29, 0.717) is 31.7 Å². The maximum Gasteiger partial charge on any atom is 0.308 e. The Labute approximate surface area is 159 Å². The number of piperidine rings is 1. The van der Waals surface area contributed by atoms with Crippen LogP contribution in [0.1, 0.15) is 32.6 Å². The molecule has 0 aliphatic carbocycles. The number of ether oxygens (including phenoxy) is 1. The molecule has 0 aromatic heterocycles. The summed E-state index contributed by atoms with van der Waals surface area (Å²) < 4.78 is 5.49. The molecule has 0 bridgehead atoms. The van der Waals surface area contributed by atoms with E-state index in [1.807, 2.05) is 25.1 Å². The predicted molar refractivity (Wildman–Crippen MR) is 100 cm³/mol. The van der Waals surface area contributed by atoms with Crippen LogP contribution < -0.4 is 10.1 Å². The second-order valence-electron chi connectivity index (χ2n) is 6.85. The Bertz CT molecular complexity index is 635. The molecule has 1 aromatic rings. The van der Waals surface area contributed by atoms with E-state index in [2.05, 4.69) is 5.32 Å². The third-order valence-electron chi connectivity index (χ3n) is 4.76. The Morgan fingerprint density at radius 2 is 2.04 bits per heavy atom. The highest BCUT2D eigenvalue weighted by Crippen LogP contribution is 2.18. The quantitative estimate of drug-likeness (QED) is 0.686. The first-order valence-electron chi connectivity index (χ1n) is 9.47. The summed E-state index contributed by atoms with van der Waals surface area (Å²) in [5.41, 5.74) is 0. The Morgan fingerprint density at radius 3 is 2.70 bits per heavy atom. The average Bonchev–Trinajstić information content (AvgIpc) is 2.69. The van der Waals surface area contributed by atoms with Gasteiger partial charge in [0.05, 0.1) is 11.8 Å². The molecule has 1 aromatic carbocycles. The standard InChI is InChI=1S/C20H28N2O5/c1-2-7-15(20(25)26)12-21-19(24)16-8-6-11-22(13-16)18(23)14-27-17-9-4-3-5-10-17/h3-5,9-10,15-16H,2,6-8,11-14H2,1H3,(H,21,24)(H,25,26). The molecule has 2 N–H and O–H groups in total. The number of carboxylic acids is 1. The van der Waals surface area contributed by atoms with E-state index in [9.17, 15) is 19.5 Å². The predicted octanol–water partition coefficient (Wildman–Crippen LogP) is 1.92. The van der Waals surface area contributed by atoms with Gasteiger partial charge in [0.15, 0.2) is 6.61 Å². The molecule has 2 amide bonds. The first-order chi connectivity index (χ1) is 13.0. The summed E-state index contributed by atoms with van der Waals surface area (Å²) >= 11 is 0. The summed E-state index contributed by atoms with van der Waals surface area (Å²) in [7, 11) is 0. The number of hydrogen-bond donors (Lipinski definition) is 2. The number of likely N-dealkylation sites (tertiary alicyclic amines) is 1. The van der Waals surface area contributed by atoms with Crippen molar-refractivity contribution in [3.8, 4) is 5.75 Å². The Hall–Kier alpha value is -2.57. The number of nitrogens with zero attached hydrogens (tertiary/aromatic N) is 1. The highest BCUT2D eigenvalue weighted by molar-refractivity contribution is 5.82. The zero-order chi connectivity index (χ0) is 19.6. The fourth-order valence-electron chi connectivity index (χ4n) is 3.20. The number of carbonyl (C=O) groups is 3. The van der Waals surface area contributed by atoms with Crippen molar-refractivity contribution in [1.82, 2.24) is 10.2 Å². The lowest BCUT2D eigenvalue weighted by Crippen LogP contribution is -2.47. The van der Waals surface area contributed by atoms with Crippen molar-refractivity contribution in [3.63, 3.8) is 0 Å². The van der Waals surface area contributed by atoms with Gasteiger partial charge in [0.2, 0.25) is 5.91 Å². The van der Waals surface area contributed by atoms with Crippen molar-refractivity contribution < 1.29 is 24.2 Å².